The van der Waals surface area contributed by atoms with Crippen molar-refractivity contribution in [2.45, 2.75) is 32.6 Å². The highest BCUT2D eigenvalue weighted by atomic mass is 28.3. The number of amides is 2. The van der Waals surface area contributed by atoms with Crippen molar-refractivity contribution in [3.8, 4) is 0 Å². The average molecular weight is 211 g/mol. The molecule has 14 heavy (non-hydrogen) atoms. The van der Waals surface area contributed by atoms with Gasteiger partial charge in [-0.15, -0.1) is 0 Å². The molecule has 78 valence electrons. The molecule has 1 heterocycles. The highest BCUT2D eigenvalue weighted by molar-refractivity contribution is 6.76. The molecule has 0 atom stereocenters. The van der Waals surface area contributed by atoms with Crippen LogP contribution in [0.1, 0.15) is 6.92 Å². The predicted octanol–water partition coefficient (Wildman–Crippen LogP) is 1.64. The van der Waals surface area contributed by atoms with Gasteiger partial charge in [0.2, 0.25) is 0 Å². The molecule has 0 bridgehead atoms. The van der Waals surface area contributed by atoms with Gasteiger partial charge in [-0.05, 0) is 13.0 Å². The molecule has 0 aromatic carbocycles. The standard InChI is InChI=1S/C10H17NO2Si/c1-8-7-9(12)11(10(8)13)5-6-14(2,3)4/h7H,5-6H2,1-4H3. The van der Waals surface area contributed by atoms with Crippen LogP contribution in [0.5, 0.6) is 0 Å². The van der Waals surface area contributed by atoms with Gasteiger partial charge in [-0.25, -0.2) is 0 Å². The van der Waals surface area contributed by atoms with Gasteiger partial charge in [0, 0.05) is 26.3 Å². The molecule has 1 aliphatic heterocycles. The number of hydrogen-bond acceptors (Lipinski definition) is 2. The summed E-state index contributed by atoms with van der Waals surface area (Å²) >= 11 is 0. The van der Waals surface area contributed by atoms with Crippen molar-refractivity contribution in [1.29, 1.82) is 0 Å². The van der Waals surface area contributed by atoms with E-state index in [4.69, 9.17) is 0 Å². The smallest absolute Gasteiger partial charge is 0.256 e. The zero-order valence-corrected chi connectivity index (χ0v) is 10.3. The van der Waals surface area contributed by atoms with Crippen LogP contribution in [-0.4, -0.2) is 31.3 Å². The summed E-state index contributed by atoms with van der Waals surface area (Å²) in [7, 11) is -1.18. The minimum Gasteiger partial charge on any atom is -0.275 e. The fraction of sp³-hybridized carbons (Fsp3) is 0.600. The lowest BCUT2D eigenvalue weighted by Gasteiger charge is -2.20. The van der Waals surface area contributed by atoms with E-state index in [9.17, 15) is 9.59 Å². The lowest BCUT2D eigenvalue weighted by molar-refractivity contribution is -0.136. The van der Waals surface area contributed by atoms with Gasteiger partial charge in [-0.3, -0.25) is 14.5 Å². The second-order valence-corrected chi connectivity index (χ2v) is 10.6. The van der Waals surface area contributed by atoms with Gasteiger partial charge in [-0.2, -0.15) is 0 Å². The first kappa shape index (κ1) is 11.2. The average Bonchev–Trinajstić information content (AvgIpc) is 2.23. The summed E-state index contributed by atoms with van der Waals surface area (Å²) in [5.41, 5.74) is 0.561. The third kappa shape index (κ3) is 2.54. The monoisotopic (exact) mass is 211 g/mol. The Morgan fingerprint density at radius 2 is 1.86 bits per heavy atom. The van der Waals surface area contributed by atoms with Crippen molar-refractivity contribution < 1.29 is 9.59 Å². The maximum Gasteiger partial charge on any atom is 0.256 e. The second kappa shape index (κ2) is 3.69. The minimum atomic E-state index is -1.18. The van der Waals surface area contributed by atoms with Crippen LogP contribution in [0.4, 0.5) is 0 Å². The fourth-order valence-electron chi connectivity index (χ4n) is 1.30. The normalized spacial score (nSPS) is 17.7. The predicted molar refractivity (Wildman–Crippen MR) is 58.6 cm³/mol. The molecule has 0 radical (unpaired) electrons. The van der Waals surface area contributed by atoms with Gasteiger partial charge < -0.3 is 0 Å². The van der Waals surface area contributed by atoms with Crippen LogP contribution >= 0.6 is 0 Å². The Kier molecular flexibility index (Phi) is 2.94. The summed E-state index contributed by atoms with van der Waals surface area (Å²) in [6.45, 7) is 8.98. The molecule has 3 nitrogen and oxygen atoms in total. The van der Waals surface area contributed by atoms with E-state index in [1.807, 2.05) is 0 Å². The molecule has 0 spiro atoms. The topological polar surface area (TPSA) is 37.4 Å². The molecule has 1 aliphatic rings. The molecular formula is C10H17NO2Si. The number of carbonyl (C=O) groups excluding carboxylic acids is 2. The minimum absolute atomic E-state index is 0.117. The highest BCUT2D eigenvalue weighted by Gasteiger charge is 2.29. The molecule has 0 aromatic heterocycles. The summed E-state index contributed by atoms with van der Waals surface area (Å²) in [4.78, 5) is 24.2. The van der Waals surface area contributed by atoms with E-state index in [2.05, 4.69) is 19.6 Å². The maximum atomic E-state index is 11.5. The van der Waals surface area contributed by atoms with Gasteiger partial charge in [-0.1, -0.05) is 19.6 Å². The number of rotatable bonds is 3. The number of nitrogens with zero attached hydrogens (tertiary/aromatic N) is 1. The summed E-state index contributed by atoms with van der Waals surface area (Å²) in [6.07, 6.45) is 1.42. The van der Waals surface area contributed by atoms with Crippen LogP contribution in [-0.2, 0) is 9.59 Å². The van der Waals surface area contributed by atoms with Crippen molar-refractivity contribution in [3.05, 3.63) is 11.6 Å². The molecule has 0 saturated carbocycles. The van der Waals surface area contributed by atoms with Crippen molar-refractivity contribution in [2.75, 3.05) is 6.54 Å². The van der Waals surface area contributed by atoms with Gasteiger partial charge in [0.05, 0.1) is 0 Å². The Morgan fingerprint density at radius 1 is 1.29 bits per heavy atom. The molecule has 0 fully saturated rings. The van der Waals surface area contributed by atoms with Crippen molar-refractivity contribution in [2.24, 2.45) is 0 Å². The molecule has 0 aromatic rings. The van der Waals surface area contributed by atoms with Crippen LogP contribution in [0.25, 0.3) is 0 Å². The van der Waals surface area contributed by atoms with E-state index in [0.29, 0.717) is 12.1 Å². The fourth-order valence-corrected chi connectivity index (χ4v) is 2.19. The van der Waals surface area contributed by atoms with E-state index >= 15 is 0 Å². The van der Waals surface area contributed by atoms with Gasteiger partial charge in [0.25, 0.3) is 11.8 Å². The first-order chi connectivity index (χ1) is 6.31. The van der Waals surface area contributed by atoms with Gasteiger partial charge in [0.1, 0.15) is 0 Å². The van der Waals surface area contributed by atoms with Crippen molar-refractivity contribution in [1.82, 2.24) is 4.90 Å². The molecular weight excluding hydrogens is 194 g/mol. The zero-order valence-electron chi connectivity index (χ0n) is 9.26. The number of imide groups is 1. The maximum absolute atomic E-state index is 11.5. The Hall–Kier alpha value is -0.903. The third-order valence-electron chi connectivity index (χ3n) is 2.27. The number of hydrogen-bond donors (Lipinski definition) is 0. The van der Waals surface area contributed by atoms with Crippen molar-refractivity contribution in [3.63, 3.8) is 0 Å². The first-order valence-electron chi connectivity index (χ1n) is 4.85. The highest BCUT2D eigenvalue weighted by Crippen LogP contribution is 2.15. The summed E-state index contributed by atoms with van der Waals surface area (Å²) in [5.74, 6) is -0.265. The van der Waals surface area contributed by atoms with Crippen LogP contribution in [0.2, 0.25) is 25.7 Å². The Labute approximate surface area is 85.8 Å². The van der Waals surface area contributed by atoms with Crippen LogP contribution in [0.15, 0.2) is 11.6 Å². The van der Waals surface area contributed by atoms with E-state index in [0.717, 1.165) is 6.04 Å². The molecule has 2 amide bonds. The van der Waals surface area contributed by atoms with E-state index in [1.54, 1.807) is 6.92 Å². The Bertz CT molecular complexity index is 302. The first-order valence-corrected chi connectivity index (χ1v) is 8.56. The quantitative estimate of drug-likeness (QED) is 0.525. The Morgan fingerprint density at radius 3 is 2.21 bits per heavy atom. The molecule has 0 unspecified atom stereocenters. The van der Waals surface area contributed by atoms with Crippen LogP contribution < -0.4 is 0 Å². The molecule has 0 saturated heterocycles. The van der Waals surface area contributed by atoms with Crippen LogP contribution in [0, 0.1) is 0 Å². The second-order valence-electron chi connectivity index (χ2n) is 4.93. The summed E-state index contributed by atoms with van der Waals surface area (Å²) in [5, 5.41) is 0. The van der Waals surface area contributed by atoms with E-state index in [-0.39, 0.29) is 11.8 Å². The summed E-state index contributed by atoms with van der Waals surface area (Å²) in [6, 6.07) is 0.978. The Balaban J connectivity index is 2.57. The molecule has 4 heteroatoms. The third-order valence-corrected chi connectivity index (χ3v) is 4.00. The van der Waals surface area contributed by atoms with E-state index < -0.39 is 8.07 Å². The van der Waals surface area contributed by atoms with Gasteiger partial charge in [0.15, 0.2) is 0 Å². The lowest BCUT2D eigenvalue weighted by Crippen LogP contribution is -2.35. The SMILES string of the molecule is CC1=CC(=O)N(CC[Si](C)(C)C)C1=O. The van der Waals surface area contributed by atoms with Gasteiger partial charge >= 0.3 is 0 Å². The zero-order chi connectivity index (χ0) is 10.9. The lowest BCUT2D eigenvalue weighted by atomic mass is 10.3. The molecule has 0 N–H and O–H groups in total. The largest absolute Gasteiger partial charge is 0.275 e. The number of carbonyl (C=O) groups is 2. The van der Waals surface area contributed by atoms with E-state index in [1.165, 1.54) is 11.0 Å². The molecule has 0 aliphatic carbocycles. The summed E-state index contributed by atoms with van der Waals surface area (Å²) < 4.78 is 0. The van der Waals surface area contributed by atoms with Crippen LogP contribution in [0.3, 0.4) is 0 Å². The molecule has 1 rings (SSSR count). The van der Waals surface area contributed by atoms with Crippen molar-refractivity contribution >= 4 is 19.9 Å².